The van der Waals surface area contributed by atoms with Crippen LogP contribution >= 0.6 is 38.5 Å². The van der Waals surface area contributed by atoms with Gasteiger partial charge in [0.05, 0.1) is 5.56 Å². The highest BCUT2D eigenvalue weighted by atomic mass is 127. The van der Waals surface area contributed by atoms with Gasteiger partial charge in [-0.3, -0.25) is 4.79 Å². The number of benzene rings is 1. The summed E-state index contributed by atoms with van der Waals surface area (Å²) in [5.74, 6) is 0.680. The molecule has 1 aliphatic heterocycles. The van der Waals surface area contributed by atoms with Gasteiger partial charge in [-0.25, -0.2) is 0 Å². The third-order valence-electron chi connectivity index (χ3n) is 3.73. The summed E-state index contributed by atoms with van der Waals surface area (Å²) in [6.45, 7) is 3.68. The van der Waals surface area contributed by atoms with Crippen LogP contribution < -0.4 is 5.73 Å². The van der Waals surface area contributed by atoms with E-state index in [-0.39, 0.29) is 11.9 Å². The molecule has 1 saturated heterocycles. The monoisotopic (exact) mass is 436 g/mol. The van der Waals surface area contributed by atoms with Gasteiger partial charge >= 0.3 is 0 Å². The number of amides is 1. The minimum Gasteiger partial charge on any atom is -0.339 e. The summed E-state index contributed by atoms with van der Waals surface area (Å²) < 4.78 is 1.95. The summed E-state index contributed by atoms with van der Waals surface area (Å²) in [4.78, 5) is 14.5. The molecule has 0 spiro atoms. The van der Waals surface area contributed by atoms with Crippen molar-refractivity contribution in [2.24, 2.45) is 11.7 Å². The first kappa shape index (κ1) is 15.3. The lowest BCUT2D eigenvalue weighted by Gasteiger charge is -2.34. The topological polar surface area (TPSA) is 46.3 Å². The third-order valence-corrected chi connectivity index (χ3v) is 5.16. The van der Waals surface area contributed by atoms with Crippen LogP contribution in [-0.2, 0) is 0 Å². The van der Waals surface area contributed by atoms with E-state index in [0.29, 0.717) is 5.92 Å². The fourth-order valence-corrected chi connectivity index (χ4v) is 3.39. The summed E-state index contributed by atoms with van der Waals surface area (Å²) in [6, 6.07) is 6.05. The lowest BCUT2D eigenvalue weighted by Crippen LogP contribution is -2.42. The van der Waals surface area contributed by atoms with Crippen LogP contribution in [0.2, 0.25) is 0 Å². The normalized spacial score (nSPS) is 18.4. The Kier molecular flexibility index (Phi) is 5.25. The number of carbonyl (C=O) groups is 1. The van der Waals surface area contributed by atoms with E-state index < -0.39 is 0 Å². The van der Waals surface area contributed by atoms with Crippen molar-refractivity contribution in [3.8, 4) is 0 Å². The molecule has 2 N–H and O–H groups in total. The first-order valence-corrected chi connectivity index (χ1v) is 8.36. The molecule has 0 aliphatic carbocycles. The van der Waals surface area contributed by atoms with Gasteiger partial charge < -0.3 is 10.6 Å². The molecule has 1 atom stereocenters. The van der Waals surface area contributed by atoms with E-state index in [1.165, 1.54) is 0 Å². The number of hydrogen-bond donors (Lipinski definition) is 1. The van der Waals surface area contributed by atoms with Crippen LogP contribution in [0.25, 0.3) is 0 Å². The molecular weight excluding hydrogens is 419 g/mol. The first-order valence-electron chi connectivity index (χ1n) is 6.49. The standard InChI is InChI=1S/C14H18BrIN2O/c1-9(17)10-4-6-18(7-5-10)14(19)12-8-11(15)2-3-13(12)16/h2-3,8-10H,4-7,17H2,1H3. The molecule has 0 bridgehead atoms. The predicted octanol–water partition coefficient (Wildman–Crippen LogP) is 3.25. The Bertz CT molecular complexity index is 471. The molecule has 1 unspecified atom stereocenters. The van der Waals surface area contributed by atoms with Gasteiger partial charge in [-0.05, 0) is 66.5 Å². The SMILES string of the molecule is CC(N)C1CCN(C(=O)c2cc(Br)ccc2I)CC1. The maximum absolute atomic E-state index is 12.5. The number of rotatable bonds is 2. The van der Waals surface area contributed by atoms with Crippen molar-refractivity contribution in [2.75, 3.05) is 13.1 Å². The minimum absolute atomic E-state index is 0.133. The van der Waals surface area contributed by atoms with Crippen molar-refractivity contribution in [1.82, 2.24) is 4.90 Å². The first-order chi connectivity index (χ1) is 8.99. The molecule has 0 saturated carbocycles. The van der Waals surface area contributed by atoms with Crippen molar-refractivity contribution in [3.63, 3.8) is 0 Å². The van der Waals surface area contributed by atoms with Crippen molar-refractivity contribution in [2.45, 2.75) is 25.8 Å². The Morgan fingerprint density at radius 3 is 2.68 bits per heavy atom. The van der Waals surface area contributed by atoms with Gasteiger partial charge in [0.25, 0.3) is 5.91 Å². The summed E-state index contributed by atoms with van der Waals surface area (Å²) in [6.07, 6.45) is 2.02. The highest BCUT2D eigenvalue weighted by Gasteiger charge is 2.26. The van der Waals surface area contributed by atoms with Crippen LogP contribution in [0, 0.1) is 9.49 Å². The molecule has 0 aromatic heterocycles. The zero-order chi connectivity index (χ0) is 14.0. The highest BCUT2D eigenvalue weighted by molar-refractivity contribution is 14.1. The number of piperidine rings is 1. The highest BCUT2D eigenvalue weighted by Crippen LogP contribution is 2.24. The van der Waals surface area contributed by atoms with E-state index in [1.807, 2.05) is 23.1 Å². The van der Waals surface area contributed by atoms with Crippen LogP contribution in [0.4, 0.5) is 0 Å². The van der Waals surface area contributed by atoms with Gasteiger partial charge in [0.2, 0.25) is 0 Å². The van der Waals surface area contributed by atoms with Crippen LogP contribution in [0.5, 0.6) is 0 Å². The predicted molar refractivity (Wildman–Crippen MR) is 89.1 cm³/mol. The summed E-state index contributed by atoms with van der Waals surface area (Å²) in [5, 5.41) is 0. The molecule has 3 nitrogen and oxygen atoms in total. The Hall–Kier alpha value is -0.140. The van der Waals surface area contributed by atoms with Gasteiger partial charge in [0, 0.05) is 27.2 Å². The molecule has 1 aromatic carbocycles. The van der Waals surface area contributed by atoms with Crippen LogP contribution in [0.1, 0.15) is 30.1 Å². The Balaban J connectivity index is 2.07. The van der Waals surface area contributed by atoms with E-state index in [1.54, 1.807) is 0 Å². The maximum Gasteiger partial charge on any atom is 0.254 e. The maximum atomic E-state index is 12.5. The Labute approximate surface area is 136 Å². The second kappa shape index (κ2) is 6.54. The summed E-state index contributed by atoms with van der Waals surface area (Å²) in [5.41, 5.74) is 6.72. The molecule has 1 heterocycles. The van der Waals surface area contributed by atoms with Gasteiger partial charge in [-0.1, -0.05) is 15.9 Å². The molecule has 19 heavy (non-hydrogen) atoms. The summed E-state index contributed by atoms with van der Waals surface area (Å²) in [7, 11) is 0. The largest absolute Gasteiger partial charge is 0.339 e. The van der Waals surface area contributed by atoms with E-state index in [2.05, 4.69) is 45.4 Å². The van der Waals surface area contributed by atoms with Gasteiger partial charge in [-0.15, -0.1) is 0 Å². The van der Waals surface area contributed by atoms with E-state index >= 15 is 0 Å². The van der Waals surface area contributed by atoms with Gasteiger partial charge in [-0.2, -0.15) is 0 Å². The van der Waals surface area contributed by atoms with Crippen LogP contribution in [0.3, 0.4) is 0 Å². The number of nitrogens with two attached hydrogens (primary N) is 1. The molecule has 104 valence electrons. The molecule has 1 fully saturated rings. The molecule has 5 heteroatoms. The molecule has 1 aromatic rings. The van der Waals surface area contributed by atoms with Crippen molar-refractivity contribution >= 4 is 44.4 Å². The average Bonchev–Trinajstić information content (AvgIpc) is 2.41. The van der Waals surface area contributed by atoms with Crippen LogP contribution in [-0.4, -0.2) is 29.9 Å². The van der Waals surface area contributed by atoms with E-state index in [9.17, 15) is 4.79 Å². The van der Waals surface area contributed by atoms with Crippen molar-refractivity contribution in [3.05, 3.63) is 31.8 Å². The smallest absolute Gasteiger partial charge is 0.254 e. The number of likely N-dealkylation sites (tertiary alicyclic amines) is 1. The number of carbonyl (C=O) groups excluding carboxylic acids is 1. The average molecular weight is 437 g/mol. The molecular formula is C14H18BrIN2O. The zero-order valence-electron chi connectivity index (χ0n) is 10.9. The van der Waals surface area contributed by atoms with Crippen LogP contribution in [0.15, 0.2) is 22.7 Å². The van der Waals surface area contributed by atoms with E-state index in [0.717, 1.165) is 39.5 Å². The minimum atomic E-state index is 0.133. The van der Waals surface area contributed by atoms with Crippen molar-refractivity contribution in [1.29, 1.82) is 0 Å². The number of nitrogens with zero attached hydrogens (tertiary/aromatic N) is 1. The number of halogens is 2. The molecule has 1 aliphatic rings. The molecule has 2 rings (SSSR count). The fourth-order valence-electron chi connectivity index (χ4n) is 2.46. The van der Waals surface area contributed by atoms with Gasteiger partial charge in [0.1, 0.15) is 0 Å². The third kappa shape index (κ3) is 3.70. The van der Waals surface area contributed by atoms with Crippen molar-refractivity contribution < 1.29 is 4.79 Å². The Morgan fingerprint density at radius 2 is 2.11 bits per heavy atom. The lowest BCUT2D eigenvalue weighted by molar-refractivity contribution is 0.0680. The Morgan fingerprint density at radius 1 is 1.47 bits per heavy atom. The second-order valence-corrected chi connectivity index (χ2v) is 7.19. The molecule has 0 radical (unpaired) electrons. The lowest BCUT2D eigenvalue weighted by atomic mass is 9.90. The second-order valence-electron chi connectivity index (χ2n) is 5.11. The fraction of sp³-hybridized carbons (Fsp3) is 0.500. The van der Waals surface area contributed by atoms with Gasteiger partial charge in [0.15, 0.2) is 0 Å². The number of hydrogen-bond acceptors (Lipinski definition) is 2. The molecule has 1 amide bonds. The van der Waals surface area contributed by atoms with E-state index in [4.69, 9.17) is 5.73 Å². The quantitative estimate of drug-likeness (QED) is 0.723. The summed E-state index contributed by atoms with van der Waals surface area (Å²) >= 11 is 5.64. The zero-order valence-corrected chi connectivity index (χ0v) is 14.6.